The minimum Gasteiger partial charge on any atom is -0.356 e. The van der Waals surface area contributed by atoms with Crippen molar-refractivity contribution in [3.05, 3.63) is 59.2 Å². The summed E-state index contributed by atoms with van der Waals surface area (Å²) in [5, 5.41) is 8.24. The number of nitrogens with zero attached hydrogens (tertiary/aromatic N) is 3. The second-order valence-corrected chi connectivity index (χ2v) is 7.39. The molecular formula is C21H21ClN4O3. The number of nitrogens with one attached hydrogen (secondary N) is 1. The fourth-order valence-corrected chi connectivity index (χ4v) is 3.61. The molecule has 0 bridgehead atoms. The molecule has 1 fully saturated rings. The fourth-order valence-electron chi connectivity index (χ4n) is 3.43. The van der Waals surface area contributed by atoms with Gasteiger partial charge in [0, 0.05) is 31.6 Å². The van der Waals surface area contributed by atoms with E-state index in [0.717, 1.165) is 5.39 Å². The number of anilines is 1. The number of para-hydroxylation sites is 2. The Hall–Kier alpha value is -2.90. The fraction of sp³-hybridized carbons (Fsp3) is 0.286. The molecule has 1 saturated heterocycles. The molecule has 0 aliphatic carbocycles. The summed E-state index contributed by atoms with van der Waals surface area (Å²) in [7, 11) is 0. The highest BCUT2D eigenvalue weighted by Crippen LogP contribution is 2.21. The molecule has 0 unspecified atom stereocenters. The summed E-state index contributed by atoms with van der Waals surface area (Å²) in [6, 6.07) is 14.7. The highest BCUT2D eigenvalue weighted by Gasteiger charge is 2.24. The molecule has 2 amide bonds. The number of benzene rings is 2. The van der Waals surface area contributed by atoms with Crippen LogP contribution in [0.3, 0.4) is 0 Å². The number of fused-ring (bicyclic) bond motifs is 1. The average molecular weight is 413 g/mol. The molecule has 29 heavy (non-hydrogen) atoms. The maximum absolute atomic E-state index is 12.6. The Morgan fingerprint density at radius 1 is 1.03 bits per heavy atom. The SMILES string of the molecule is O=C(CN1CCN(C(=O)Cc2noc3ccccc23)CC1)Nc1ccccc1Cl. The van der Waals surface area contributed by atoms with Crippen molar-refractivity contribution >= 4 is 40.1 Å². The molecule has 7 nitrogen and oxygen atoms in total. The van der Waals surface area contributed by atoms with Crippen LogP contribution in [0, 0.1) is 0 Å². The van der Waals surface area contributed by atoms with E-state index in [2.05, 4.69) is 10.5 Å². The second-order valence-electron chi connectivity index (χ2n) is 6.99. The molecule has 150 valence electrons. The van der Waals surface area contributed by atoms with Gasteiger partial charge in [-0.05, 0) is 24.3 Å². The highest BCUT2D eigenvalue weighted by molar-refractivity contribution is 6.33. The zero-order chi connectivity index (χ0) is 20.2. The van der Waals surface area contributed by atoms with Gasteiger partial charge in [0.2, 0.25) is 11.8 Å². The lowest BCUT2D eigenvalue weighted by Crippen LogP contribution is -2.50. The van der Waals surface area contributed by atoms with E-state index in [0.29, 0.717) is 48.2 Å². The number of carbonyl (C=O) groups is 2. The number of hydrogen-bond donors (Lipinski definition) is 1. The van der Waals surface area contributed by atoms with E-state index < -0.39 is 0 Å². The largest absolute Gasteiger partial charge is 0.356 e. The molecule has 4 rings (SSSR count). The number of carbonyl (C=O) groups excluding carboxylic acids is 2. The predicted molar refractivity (Wildman–Crippen MR) is 111 cm³/mol. The maximum atomic E-state index is 12.6. The molecule has 1 aliphatic rings. The topological polar surface area (TPSA) is 78.7 Å². The van der Waals surface area contributed by atoms with Crippen LogP contribution < -0.4 is 5.32 Å². The van der Waals surface area contributed by atoms with Crippen LogP contribution in [0.4, 0.5) is 5.69 Å². The molecule has 0 atom stereocenters. The second kappa shape index (κ2) is 8.63. The monoisotopic (exact) mass is 412 g/mol. The summed E-state index contributed by atoms with van der Waals surface area (Å²) in [6.07, 6.45) is 0.212. The van der Waals surface area contributed by atoms with E-state index in [1.165, 1.54) is 0 Å². The van der Waals surface area contributed by atoms with E-state index >= 15 is 0 Å². The first-order valence-corrected chi connectivity index (χ1v) is 9.86. The van der Waals surface area contributed by atoms with Crippen molar-refractivity contribution in [3.63, 3.8) is 0 Å². The Morgan fingerprint density at radius 3 is 2.55 bits per heavy atom. The van der Waals surface area contributed by atoms with Crippen LogP contribution in [0.2, 0.25) is 5.02 Å². The normalized spacial score (nSPS) is 14.9. The van der Waals surface area contributed by atoms with Gasteiger partial charge in [0.15, 0.2) is 5.58 Å². The summed E-state index contributed by atoms with van der Waals surface area (Å²) in [5.74, 6) is -0.101. The van der Waals surface area contributed by atoms with Crippen molar-refractivity contribution in [2.24, 2.45) is 0 Å². The number of aromatic nitrogens is 1. The number of rotatable bonds is 5. The summed E-state index contributed by atoms with van der Waals surface area (Å²) in [6.45, 7) is 2.70. The van der Waals surface area contributed by atoms with Gasteiger partial charge in [-0.25, -0.2) is 0 Å². The summed E-state index contributed by atoms with van der Waals surface area (Å²) < 4.78 is 5.27. The third kappa shape index (κ3) is 4.58. The first-order chi connectivity index (χ1) is 14.1. The molecule has 0 radical (unpaired) electrons. The smallest absolute Gasteiger partial charge is 0.238 e. The third-order valence-corrected chi connectivity index (χ3v) is 5.34. The molecule has 8 heteroatoms. The number of amides is 2. The van der Waals surface area contributed by atoms with Crippen LogP contribution in [-0.4, -0.2) is 59.5 Å². The van der Waals surface area contributed by atoms with Crippen LogP contribution >= 0.6 is 11.6 Å². The van der Waals surface area contributed by atoms with Gasteiger partial charge in [-0.1, -0.05) is 41.0 Å². The van der Waals surface area contributed by atoms with Crippen molar-refractivity contribution in [1.82, 2.24) is 15.0 Å². The molecule has 0 spiro atoms. The van der Waals surface area contributed by atoms with Crippen molar-refractivity contribution in [3.8, 4) is 0 Å². The number of hydrogen-bond acceptors (Lipinski definition) is 5. The molecule has 1 N–H and O–H groups in total. The minimum absolute atomic E-state index is 0.0178. The Bertz CT molecular complexity index is 1030. The zero-order valence-corrected chi connectivity index (χ0v) is 16.6. The van der Waals surface area contributed by atoms with Crippen LogP contribution in [-0.2, 0) is 16.0 Å². The van der Waals surface area contributed by atoms with Gasteiger partial charge in [0.1, 0.15) is 5.69 Å². The Balaban J connectivity index is 1.27. The highest BCUT2D eigenvalue weighted by atomic mass is 35.5. The Labute approximate surface area is 173 Å². The van der Waals surface area contributed by atoms with Crippen LogP contribution in [0.1, 0.15) is 5.69 Å². The van der Waals surface area contributed by atoms with E-state index in [-0.39, 0.29) is 24.8 Å². The number of halogens is 1. The molecule has 1 aliphatic heterocycles. The lowest BCUT2D eigenvalue weighted by molar-refractivity contribution is -0.132. The lowest BCUT2D eigenvalue weighted by Gasteiger charge is -2.34. The zero-order valence-electron chi connectivity index (χ0n) is 15.8. The number of piperazine rings is 1. The van der Waals surface area contributed by atoms with Crippen molar-refractivity contribution < 1.29 is 14.1 Å². The van der Waals surface area contributed by atoms with Gasteiger partial charge in [0.05, 0.1) is 23.7 Å². The first-order valence-electron chi connectivity index (χ1n) is 9.48. The van der Waals surface area contributed by atoms with E-state index in [9.17, 15) is 9.59 Å². The van der Waals surface area contributed by atoms with Gasteiger partial charge in [0.25, 0.3) is 0 Å². The molecule has 0 saturated carbocycles. The van der Waals surface area contributed by atoms with Crippen LogP contribution in [0.15, 0.2) is 53.1 Å². The van der Waals surface area contributed by atoms with E-state index in [1.54, 1.807) is 12.1 Å². The standard InChI is InChI=1S/C21H21ClN4O3/c22-16-6-2-3-7-17(16)23-20(27)14-25-9-11-26(12-10-25)21(28)13-18-15-5-1-4-8-19(15)29-24-18/h1-8H,9-14H2,(H,23,27). The van der Waals surface area contributed by atoms with Crippen LogP contribution in [0.5, 0.6) is 0 Å². The quantitative estimate of drug-likeness (QED) is 0.697. The first kappa shape index (κ1) is 19.4. The summed E-state index contributed by atoms with van der Waals surface area (Å²) in [4.78, 5) is 28.8. The van der Waals surface area contributed by atoms with Crippen LogP contribution in [0.25, 0.3) is 11.0 Å². The molecular weight excluding hydrogens is 392 g/mol. The maximum Gasteiger partial charge on any atom is 0.238 e. The summed E-state index contributed by atoms with van der Waals surface area (Å²) >= 11 is 6.08. The Morgan fingerprint density at radius 2 is 1.76 bits per heavy atom. The van der Waals surface area contributed by atoms with Crippen molar-refractivity contribution in [1.29, 1.82) is 0 Å². The Kier molecular flexibility index (Phi) is 5.78. The molecule has 3 aromatic rings. The predicted octanol–water partition coefficient (Wildman–Crippen LogP) is 2.81. The van der Waals surface area contributed by atoms with Gasteiger partial charge >= 0.3 is 0 Å². The van der Waals surface area contributed by atoms with Gasteiger partial charge in [-0.3, -0.25) is 14.5 Å². The lowest BCUT2D eigenvalue weighted by atomic mass is 10.1. The molecule has 1 aromatic heterocycles. The van der Waals surface area contributed by atoms with E-state index in [1.807, 2.05) is 46.2 Å². The molecule has 2 aromatic carbocycles. The van der Waals surface area contributed by atoms with Crippen molar-refractivity contribution in [2.75, 3.05) is 38.0 Å². The average Bonchev–Trinajstić information content (AvgIpc) is 3.13. The van der Waals surface area contributed by atoms with Gasteiger partial charge in [-0.2, -0.15) is 0 Å². The minimum atomic E-state index is -0.119. The van der Waals surface area contributed by atoms with Crippen molar-refractivity contribution in [2.45, 2.75) is 6.42 Å². The third-order valence-electron chi connectivity index (χ3n) is 5.01. The molecule has 2 heterocycles. The van der Waals surface area contributed by atoms with Gasteiger partial charge < -0.3 is 14.7 Å². The van der Waals surface area contributed by atoms with E-state index in [4.69, 9.17) is 16.1 Å². The van der Waals surface area contributed by atoms with Gasteiger partial charge in [-0.15, -0.1) is 0 Å². The summed E-state index contributed by atoms with van der Waals surface area (Å²) in [5.41, 5.74) is 1.95.